The maximum atomic E-state index is 6.58. The quantitative estimate of drug-likeness (QED) is 0.854. The van der Waals surface area contributed by atoms with Gasteiger partial charge >= 0.3 is 0 Å². The van der Waals surface area contributed by atoms with Crippen LogP contribution in [0.3, 0.4) is 0 Å². The Morgan fingerprint density at radius 2 is 2.00 bits per heavy atom. The summed E-state index contributed by atoms with van der Waals surface area (Å²) >= 11 is 0. The van der Waals surface area contributed by atoms with Gasteiger partial charge < -0.3 is 11.1 Å². The summed E-state index contributed by atoms with van der Waals surface area (Å²) in [6.07, 6.45) is 7.69. The molecule has 2 aliphatic carbocycles. The van der Waals surface area contributed by atoms with Gasteiger partial charge in [-0.3, -0.25) is 0 Å². The van der Waals surface area contributed by atoms with Crippen LogP contribution >= 0.6 is 0 Å². The maximum absolute atomic E-state index is 6.58. The first kappa shape index (κ1) is 12.2. The van der Waals surface area contributed by atoms with Gasteiger partial charge in [0.25, 0.3) is 0 Å². The molecule has 3 N–H and O–H groups in total. The van der Waals surface area contributed by atoms with Gasteiger partial charge in [0, 0.05) is 18.0 Å². The first-order valence-electron chi connectivity index (χ1n) is 7.27. The Bertz CT molecular complexity index is 435. The Balaban J connectivity index is 1.85. The number of nitrogens with one attached hydrogen (secondary N) is 1. The van der Waals surface area contributed by atoms with Gasteiger partial charge in [-0.2, -0.15) is 0 Å². The van der Waals surface area contributed by atoms with E-state index in [1.165, 1.54) is 44.1 Å². The summed E-state index contributed by atoms with van der Waals surface area (Å²) in [5.74, 6) is 0. The third kappa shape index (κ3) is 1.88. The van der Waals surface area contributed by atoms with Crippen molar-refractivity contribution in [2.75, 3.05) is 13.6 Å². The van der Waals surface area contributed by atoms with Crippen LogP contribution < -0.4 is 11.1 Å². The highest BCUT2D eigenvalue weighted by atomic mass is 14.9. The highest BCUT2D eigenvalue weighted by molar-refractivity contribution is 5.37. The largest absolute Gasteiger partial charge is 0.323 e. The average molecular weight is 244 g/mol. The van der Waals surface area contributed by atoms with Crippen LogP contribution in [0.1, 0.15) is 48.4 Å². The topological polar surface area (TPSA) is 38.0 Å². The van der Waals surface area contributed by atoms with Crippen LogP contribution in [-0.2, 0) is 12.8 Å². The standard InChI is InChI=1S/C16H24N2/c1-18-11-16(8-3-9-16)15(17)14-7-6-12-4-2-5-13(12)10-14/h6-7,10,15,18H,2-5,8-9,11,17H2,1H3. The minimum Gasteiger partial charge on any atom is -0.323 e. The fourth-order valence-electron chi connectivity index (χ4n) is 3.72. The molecule has 0 saturated heterocycles. The van der Waals surface area contributed by atoms with Crippen molar-refractivity contribution in [2.45, 2.75) is 44.6 Å². The van der Waals surface area contributed by atoms with Gasteiger partial charge in [0.2, 0.25) is 0 Å². The Morgan fingerprint density at radius 1 is 1.22 bits per heavy atom. The summed E-state index contributed by atoms with van der Waals surface area (Å²) < 4.78 is 0. The van der Waals surface area contributed by atoms with E-state index in [4.69, 9.17) is 5.73 Å². The van der Waals surface area contributed by atoms with E-state index in [9.17, 15) is 0 Å². The molecule has 1 saturated carbocycles. The number of benzene rings is 1. The summed E-state index contributed by atoms with van der Waals surface area (Å²) in [5.41, 5.74) is 11.3. The normalized spacial score (nSPS) is 22.3. The molecule has 1 unspecified atom stereocenters. The Morgan fingerprint density at radius 3 is 2.67 bits per heavy atom. The van der Waals surface area contributed by atoms with Crippen LogP contribution in [0, 0.1) is 5.41 Å². The van der Waals surface area contributed by atoms with Crippen molar-refractivity contribution in [1.29, 1.82) is 0 Å². The smallest absolute Gasteiger partial charge is 0.0364 e. The molecule has 98 valence electrons. The second-order valence-corrected chi connectivity index (χ2v) is 6.11. The van der Waals surface area contributed by atoms with E-state index in [0.717, 1.165) is 6.54 Å². The molecular weight excluding hydrogens is 220 g/mol. The average Bonchev–Trinajstić information content (AvgIpc) is 2.80. The third-order valence-corrected chi connectivity index (χ3v) is 5.02. The van der Waals surface area contributed by atoms with E-state index in [0.29, 0.717) is 5.41 Å². The van der Waals surface area contributed by atoms with Gasteiger partial charge in [-0.15, -0.1) is 0 Å². The lowest BCUT2D eigenvalue weighted by molar-refractivity contribution is 0.0947. The number of aryl methyl sites for hydroxylation is 2. The molecule has 0 aliphatic heterocycles. The first-order valence-corrected chi connectivity index (χ1v) is 7.27. The molecule has 0 bridgehead atoms. The number of nitrogens with two attached hydrogens (primary N) is 1. The van der Waals surface area contributed by atoms with Crippen molar-refractivity contribution in [3.8, 4) is 0 Å². The predicted molar refractivity (Wildman–Crippen MR) is 75.6 cm³/mol. The molecule has 1 atom stereocenters. The fraction of sp³-hybridized carbons (Fsp3) is 0.625. The monoisotopic (exact) mass is 244 g/mol. The zero-order chi connectivity index (χ0) is 12.6. The predicted octanol–water partition coefficient (Wildman–Crippen LogP) is 2.56. The number of rotatable bonds is 4. The van der Waals surface area contributed by atoms with E-state index in [1.807, 2.05) is 7.05 Å². The molecule has 1 aromatic rings. The summed E-state index contributed by atoms with van der Waals surface area (Å²) in [5, 5.41) is 3.33. The number of hydrogen-bond donors (Lipinski definition) is 2. The van der Waals surface area contributed by atoms with Crippen LogP contribution in [0.5, 0.6) is 0 Å². The minimum absolute atomic E-state index is 0.199. The molecule has 18 heavy (non-hydrogen) atoms. The highest BCUT2D eigenvalue weighted by Gasteiger charge is 2.42. The van der Waals surface area contributed by atoms with E-state index in [1.54, 1.807) is 11.1 Å². The molecule has 0 radical (unpaired) electrons. The number of hydrogen-bond acceptors (Lipinski definition) is 2. The molecule has 0 amide bonds. The van der Waals surface area contributed by atoms with Crippen molar-refractivity contribution in [1.82, 2.24) is 5.32 Å². The summed E-state index contributed by atoms with van der Waals surface area (Å²) in [7, 11) is 2.04. The second kappa shape index (κ2) is 4.67. The lowest BCUT2D eigenvalue weighted by atomic mass is 9.62. The highest BCUT2D eigenvalue weighted by Crippen LogP contribution is 2.48. The third-order valence-electron chi connectivity index (χ3n) is 5.02. The molecule has 1 fully saturated rings. The van der Waals surface area contributed by atoms with Gasteiger partial charge in [0.15, 0.2) is 0 Å². The van der Waals surface area contributed by atoms with Crippen LogP contribution in [0.25, 0.3) is 0 Å². The van der Waals surface area contributed by atoms with Crippen molar-refractivity contribution < 1.29 is 0 Å². The van der Waals surface area contributed by atoms with E-state index < -0.39 is 0 Å². The van der Waals surface area contributed by atoms with Crippen molar-refractivity contribution in [2.24, 2.45) is 11.1 Å². The van der Waals surface area contributed by atoms with Gasteiger partial charge in [0.1, 0.15) is 0 Å². The van der Waals surface area contributed by atoms with Crippen molar-refractivity contribution in [3.05, 3.63) is 34.9 Å². The van der Waals surface area contributed by atoms with Crippen LogP contribution in [0.4, 0.5) is 0 Å². The van der Waals surface area contributed by atoms with E-state index >= 15 is 0 Å². The Labute approximate surface area is 110 Å². The lowest BCUT2D eigenvalue weighted by Crippen LogP contribution is -2.46. The van der Waals surface area contributed by atoms with Crippen LogP contribution in [-0.4, -0.2) is 13.6 Å². The maximum Gasteiger partial charge on any atom is 0.0364 e. The van der Waals surface area contributed by atoms with Gasteiger partial charge in [-0.05, 0) is 55.8 Å². The number of fused-ring (bicyclic) bond motifs is 1. The molecule has 2 aliphatic rings. The van der Waals surface area contributed by atoms with E-state index in [-0.39, 0.29) is 6.04 Å². The molecule has 2 nitrogen and oxygen atoms in total. The molecule has 0 heterocycles. The summed E-state index contributed by atoms with van der Waals surface area (Å²) in [4.78, 5) is 0. The van der Waals surface area contributed by atoms with Crippen molar-refractivity contribution >= 4 is 0 Å². The molecule has 3 rings (SSSR count). The first-order chi connectivity index (χ1) is 8.75. The molecule has 2 heteroatoms. The molecular formula is C16H24N2. The SMILES string of the molecule is CNCC1(C(N)c2ccc3c(c2)CCC3)CCC1. The van der Waals surface area contributed by atoms with Gasteiger partial charge in [-0.1, -0.05) is 24.6 Å². The lowest BCUT2D eigenvalue weighted by Gasteiger charge is -2.46. The van der Waals surface area contributed by atoms with Gasteiger partial charge in [0.05, 0.1) is 0 Å². The Kier molecular flexibility index (Phi) is 3.16. The molecule has 0 aromatic heterocycles. The zero-order valence-corrected chi connectivity index (χ0v) is 11.3. The fourth-order valence-corrected chi connectivity index (χ4v) is 3.72. The van der Waals surface area contributed by atoms with Crippen LogP contribution in [0.2, 0.25) is 0 Å². The van der Waals surface area contributed by atoms with Crippen molar-refractivity contribution in [3.63, 3.8) is 0 Å². The molecule has 0 spiro atoms. The molecule has 1 aromatic carbocycles. The second-order valence-electron chi connectivity index (χ2n) is 6.11. The summed E-state index contributed by atoms with van der Waals surface area (Å²) in [6.45, 7) is 1.05. The van der Waals surface area contributed by atoms with Gasteiger partial charge in [-0.25, -0.2) is 0 Å². The van der Waals surface area contributed by atoms with E-state index in [2.05, 4.69) is 23.5 Å². The zero-order valence-electron chi connectivity index (χ0n) is 11.3. The minimum atomic E-state index is 0.199. The van der Waals surface area contributed by atoms with Crippen LogP contribution in [0.15, 0.2) is 18.2 Å². The summed E-state index contributed by atoms with van der Waals surface area (Å²) in [6, 6.07) is 7.15. The Hall–Kier alpha value is -0.860.